The number of nitrogens with zero attached hydrogens (tertiary/aromatic N) is 2. The number of carbonyl (C=O) groups is 1. The molecule has 1 saturated carbocycles. The molecule has 1 amide bonds. The Morgan fingerprint density at radius 1 is 0.963 bits per heavy atom. The third-order valence-corrected chi connectivity index (χ3v) is 5.09. The molecule has 0 radical (unpaired) electrons. The molecule has 1 N–H and O–H groups in total. The average molecular weight is 361 g/mol. The van der Waals surface area contributed by atoms with Crippen LogP contribution in [0.2, 0.25) is 0 Å². The number of para-hydroxylation sites is 2. The van der Waals surface area contributed by atoms with E-state index in [1.54, 1.807) is 0 Å². The van der Waals surface area contributed by atoms with E-state index < -0.39 is 5.79 Å². The maximum absolute atomic E-state index is 12.6. The largest absolute Gasteiger partial charge is 0.448 e. The highest BCUT2D eigenvalue weighted by Gasteiger charge is 2.42. The third kappa shape index (κ3) is 2.97. The van der Waals surface area contributed by atoms with Gasteiger partial charge in [-0.2, -0.15) is 0 Å². The molecule has 2 aliphatic rings. The van der Waals surface area contributed by atoms with Crippen molar-refractivity contribution in [3.8, 4) is 11.5 Å². The fraction of sp³-hybridized carbons (Fsp3) is 0.286. The molecule has 27 heavy (non-hydrogen) atoms. The predicted octanol–water partition coefficient (Wildman–Crippen LogP) is 4.31. The molecule has 136 valence electrons. The summed E-state index contributed by atoms with van der Waals surface area (Å²) in [6, 6.07) is 12.9. The fourth-order valence-corrected chi connectivity index (χ4v) is 3.73. The van der Waals surface area contributed by atoms with Gasteiger partial charge in [0.1, 0.15) is 5.69 Å². The van der Waals surface area contributed by atoms with Gasteiger partial charge in [-0.15, -0.1) is 0 Å². The Balaban J connectivity index is 1.35. The standard InChI is InChI=1S/C21H19N3O3/c25-20(17-13-22-15-6-2-3-7-16(15)24-17)23-14-8-9-18-19(12-14)27-21(26-18)10-4-1-5-11-21/h2-3,6-9,12-13H,1,4-5,10-11H2,(H,23,25). The van der Waals surface area contributed by atoms with Gasteiger partial charge in [0.2, 0.25) is 0 Å². The van der Waals surface area contributed by atoms with Crippen molar-refractivity contribution in [3.05, 3.63) is 54.4 Å². The molecule has 2 aromatic carbocycles. The average Bonchev–Trinajstić information content (AvgIpc) is 3.04. The van der Waals surface area contributed by atoms with Crippen LogP contribution in [0, 0.1) is 0 Å². The van der Waals surface area contributed by atoms with E-state index >= 15 is 0 Å². The molecule has 1 spiro atoms. The molecule has 0 atom stereocenters. The van der Waals surface area contributed by atoms with Crippen molar-refractivity contribution in [1.29, 1.82) is 0 Å². The first-order valence-corrected chi connectivity index (χ1v) is 9.26. The molecule has 1 aliphatic heterocycles. The topological polar surface area (TPSA) is 73.3 Å². The highest BCUT2D eigenvalue weighted by atomic mass is 16.7. The van der Waals surface area contributed by atoms with Crippen LogP contribution in [0.1, 0.15) is 42.6 Å². The summed E-state index contributed by atoms with van der Waals surface area (Å²) in [7, 11) is 0. The summed E-state index contributed by atoms with van der Waals surface area (Å²) in [6.07, 6.45) is 6.73. The molecule has 2 heterocycles. The Bertz CT molecular complexity index is 1030. The second-order valence-corrected chi connectivity index (χ2v) is 7.04. The summed E-state index contributed by atoms with van der Waals surface area (Å²) in [4.78, 5) is 21.2. The second-order valence-electron chi connectivity index (χ2n) is 7.04. The predicted molar refractivity (Wildman–Crippen MR) is 101 cm³/mol. The zero-order chi connectivity index (χ0) is 18.3. The SMILES string of the molecule is O=C(Nc1ccc2c(c1)OC1(CCCCC1)O2)c1cnc2ccccc2n1. The van der Waals surface area contributed by atoms with Crippen molar-refractivity contribution >= 4 is 22.6 Å². The van der Waals surface area contributed by atoms with Crippen LogP contribution in [0.3, 0.4) is 0 Å². The molecule has 1 fully saturated rings. The highest BCUT2D eigenvalue weighted by molar-refractivity contribution is 6.03. The van der Waals surface area contributed by atoms with Gasteiger partial charge >= 0.3 is 0 Å². The van der Waals surface area contributed by atoms with E-state index in [4.69, 9.17) is 9.47 Å². The van der Waals surface area contributed by atoms with Crippen LogP contribution in [-0.2, 0) is 0 Å². The third-order valence-electron chi connectivity index (χ3n) is 5.09. The van der Waals surface area contributed by atoms with Crippen LogP contribution in [0.5, 0.6) is 11.5 Å². The number of ether oxygens (including phenoxy) is 2. The van der Waals surface area contributed by atoms with Gasteiger partial charge < -0.3 is 14.8 Å². The molecule has 0 saturated heterocycles. The number of rotatable bonds is 2. The van der Waals surface area contributed by atoms with Crippen LogP contribution in [0.4, 0.5) is 5.69 Å². The molecule has 1 aromatic heterocycles. The Morgan fingerprint density at radius 2 is 1.74 bits per heavy atom. The van der Waals surface area contributed by atoms with Crippen LogP contribution >= 0.6 is 0 Å². The lowest BCUT2D eigenvalue weighted by atomic mass is 9.94. The minimum absolute atomic E-state index is 0.273. The van der Waals surface area contributed by atoms with E-state index in [0.717, 1.165) is 36.9 Å². The van der Waals surface area contributed by atoms with E-state index in [1.165, 1.54) is 12.6 Å². The minimum atomic E-state index is -0.521. The molecular weight excluding hydrogens is 342 g/mol. The lowest BCUT2D eigenvalue weighted by Crippen LogP contribution is -2.40. The van der Waals surface area contributed by atoms with Gasteiger partial charge in [0.15, 0.2) is 11.5 Å². The number of hydrogen-bond donors (Lipinski definition) is 1. The van der Waals surface area contributed by atoms with E-state index in [1.807, 2.05) is 42.5 Å². The number of fused-ring (bicyclic) bond motifs is 2. The summed E-state index contributed by atoms with van der Waals surface area (Å²) >= 11 is 0. The summed E-state index contributed by atoms with van der Waals surface area (Å²) in [6.45, 7) is 0. The maximum Gasteiger partial charge on any atom is 0.275 e. The monoisotopic (exact) mass is 361 g/mol. The Kier molecular flexibility index (Phi) is 3.70. The number of amides is 1. The zero-order valence-corrected chi connectivity index (χ0v) is 14.8. The van der Waals surface area contributed by atoms with Gasteiger partial charge in [0.25, 0.3) is 11.7 Å². The van der Waals surface area contributed by atoms with Crippen molar-refractivity contribution in [2.75, 3.05) is 5.32 Å². The molecule has 1 aliphatic carbocycles. The molecule has 6 heteroatoms. The number of carbonyl (C=O) groups excluding carboxylic acids is 1. The normalized spacial score (nSPS) is 17.2. The summed E-state index contributed by atoms with van der Waals surface area (Å²) in [5.41, 5.74) is 2.37. The maximum atomic E-state index is 12.6. The van der Waals surface area contributed by atoms with Gasteiger partial charge in [0, 0.05) is 24.6 Å². The number of hydrogen-bond acceptors (Lipinski definition) is 5. The van der Waals surface area contributed by atoms with E-state index in [2.05, 4.69) is 15.3 Å². The quantitative estimate of drug-likeness (QED) is 0.736. The van der Waals surface area contributed by atoms with Crippen molar-refractivity contribution in [3.63, 3.8) is 0 Å². The molecule has 3 aromatic rings. The lowest BCUT2D eigenvalue weighted by molar-refractivity contribution is -0.105. The van der Waals surface area contributed by atoms with Gasteiger partial charge in [-0.3, -0.25) is 9.78 Å². The number of nitrogens with one attached hydrogen (secondary N) is 1. The van der Waals surface area contributed by atoms with Crippen molar-refractivity contribution in [1.82, 2.24) is 9.97 Å². The van der Waals surface area contributed by atoms with E-state index in [9.17, 15) is 4.79 Å². The van der Waals surface area contributed by atoms with Crippen molar-refractivity contribution < 1.29 is 14.3 Å². The van der Waals surface area contributed by atoms with Crippen LogP contribution in [0.15, 0.2) is 48.7 Å². The Hall–Kier alpha value is -3.15. The van der Waals surface area contributed by atoms with Gasteiger partial charge in [-0.05, 0) is 37.1 Å². The van der Waals surface area contributed by atoms with Crippen LogP contribution in [0.25, 0.3) is 11.0 Å². The Labute approximate surface area is 156 Å². The van der Waals surface area contributed by atoms with E-state index in [-0.39, 0.29) is 11.6 Å². The van der Waals surface area contributed by atoms with Gasteiger partial charge in [-0.25, -0.2) is 4.98 Å². The molecular formula is C21H19N3O3. The lowest BCUT2D eigenvalue weighted by Gasteiger charge is -2.31. The number of benzene rings is 2. The zero-order valence-electron chi connectivity index (χ0n) is 14.8. The number of anilines is 1. The first kappa shape index (κ1) is 16.1. The molecule has 0 bridgehead atoms. The molecule has 0 unspecified atom stereocenters. The summed E-state index contributed by atoms with van der Waals surface area (Å²) < 4.78 is 12.2. The summed E-state index contributed by atoms with van der Waals surface area (Å²) in [5, 5.41) is 2.87. The molecule has 5 rings (SSSR count). The summed E-state index contributed by atoms with van der Waals surface area (Å²) in [5.74, 6) is 0.590. The van der Waals surface area contributed by atoms with Gasteiger partial charge in [0.05, 0.1) is 17.2 Å². The van der Waals surface area contributed by atoms with E-state index in [0.29, 0.717) is 17.0 Å². The van der Waals surface area contributed by atoms with Crippen molar-refractivity contribution in [2.45, 2.75) is 37.9 Å². The first-order chi connectivity index (χ1) is 13.2. The van der Waals surface area contributed by atoms with Crippen LogP contribution in [-0.4, -0.2) is 21.7 Å². The minimum Gasteiger partial charge on any atom is -0.448 e. The Morgan fingerprint density at radius 3 is 2.59 bits per heavy atom. The smallest absolute Gasteiger partial charge is 0.275 e. The van der Waals surface area contributed by atoms with Gasteiger partial charge in [-0.1, -0.05) is 18.6 Å². The van der Waals surface area contributed by atoms with Crippen LogP contribution < -0.4 is 14.8 Å². The fourth-order valence-electron chi connectivity index (χ4n) is 3.73. The number of aromatic nitrogens is 2. The van der Waals surface area contributed by atoms with Crippen molar-refractivity contribution in [2.24, 2.45) is 0 Å². The highest BCUT2D eigenvalue weighted by Crippen LogP contribution is 2.46. The first-order valence-electron chi connectivity index (χ1n) is 9.26. The second kappa shape index (κ2) is 6.23. The molecule has 6 nitrogen and oxygen atoms in total.